The minimum atomic E-state index is 0.435. The van der Waals surface area contributed by atoms with E-state index in [0.29, 0.717) is 4.99 Å². The van der Waals surface area contributed by atoms with Gasteiger partial charge in [-0.05, 0) is 25.0 Å². The van der Waals surface area contributed by atoms with E-state index in [9.17, 15) is 0 Å². The molecule has 0 fully saturated rings. The summed E-state index contributed by atoms with van der Waals surface area (Å²) in [7, 11) is 1.67. The Morgan fingerprint density at radius 1 is 1.28 bits per heavy atom. The number of ether oxygens (including phenoxy) is 1. The SMILES string of the molecule is CCCN(CCC)c1cc(OC)ccc1C(N)=S. The molecule has 4 heteroatoms. The first kappa shape index (κ1) is 14.8. The summed E-state index contributed by atoms with van der Waals surface area (Å²) >= 11 is 5.13. The molecule has 0 amide bonds. The third-order valence-electron chi connectivity index (χ3n) is 2.80. The Hall–Kier alpha value is -1.29. The number of rotatable bonds is 7. The Labute approximate surface area is 115 Å². The predicted octanol–water partition coefficient (Wildman–Crippen LogP) is 2.96. The van der Waals surface area contributed by atoms with Crippen molar-refractivity contribution in [3.63, 3.8) is 0 Å². The van der Waals surface area contributed by atoms with Crippen molar-refractivity contribution in [1.82, 2.24) is 0 Å². The fourth-order valence-electron chi connectivity index (χ4n) is 2.00. The molecule has 1 aromatic carbocycles. The summed E-state index contributed by atoms with van der Waals surface area (Å²) in [5.74, 6) is 0.835. The summed E-state index contributed by atoms with van der Waals surface area (Å²) in [5.41, 5.74) is 7.80. The van der Waals surface area contributed by atoms with Crippen LogP contribution in [0.25, 0.3) is 0 Å². The number of nitrogens with zero attached hydrogens (tertiary/aromatic N) is 1. The van der Waals surface area contributed by atoms with Crippen LogP contribution in [0.2, 0.25) is 0 Å². The van der Waals surface area contributed by atoms with Gasteiger partial charge in [0.25, 0.3) is 0 Å². The Balaban J connectivity index is 3.18. The van der Waals surface area contributed by atoms with Crippen LogP contribution in [-0.4, -0.2) is 25.2 Å². The van der Waals surface area contributed by atoms with Gasteiger partial charge in [-0.15, -0.1) is 0 Å². The summed E-state index contributed by atoms with van der Waals surface area (Å²) in [6.07, 6.45) is 2.18. The summed E-state index contributed by atoms with van der Waals surface area (Å²) in [4.78, 5) is 2.75. The maximum atomic E-state index is 5.80. The molecule has 0 saturated heterocycles. The van der Waals surface area contributed by atoms with Gasteiger partial charge in [-0.25, -0.2) is 0 Å². The first-order valence-corrected chi connectivity index (χ1v) is 6.77. The number of benzene rings is 1. The standard InChI is InChI=1S/C14H22N2OS/c1-4-8-16(9-5-2)13-10-11(17-3)6-7-12(13)14(15)18/h6-7,10H,4-5,8-9H2,1-3H3,(H2,15,18). The van der Waals surface area contributed by atoms with Crippen molar-refractivity contribution >= 4 is 22.9 Å². The third kappa shape index (κ3) is 3.60. The van der Waals surface area contributed by atoms with Gasteiger partial charge in [-0.3, -0.25) is 0 Å². The monoisotopic (exact) mass is 266 g/mol. The zero-order valence-corrected chi connectivity index (χ0v) is 12.2. The molecule has 0 radical (unpaired) electrons. The van der Waals surface area contributed by atoms with Crippen molar-refractivity contribution in [1.29, 1.82) is 0 Å². The fourth-order valence-corrected chi connectivity index (χ4v) is 2.17. The Morgan fingerprint density at radius 2 is 1.89 bits per heavy atom. The molecule has 1 rings (SSSR count). The molecule has 0 aliphatic heterocycles. The highest BCUT2D eigenvalue weighted by Crippen LogP contribution is 2.26. The van der Waals surface area contributed by atoms with Crippen LogP contribution in [0.3, 0.4) is 0 Å². The smallest absolute Gasteiger partial charge is 0.120 e. The van der Waals surface area contributed by atoms with Crippen molar-refractivity contribution < 1.29 is 4.74 Å². The maximum Gasteiger partial charge on any atom is 0.120 e. The van der Waals surface area contributed by atoms with Gasteiger partial charge in [0.15, 0.2) is 0 Å². The molecule has 18 heavy (non-hydrogen) atoms. The lowest BCUT2D eigenvalue weighted by atomic mass is 10.1. The number of methoxy groups -OCH3 is 1. The van der Waals surface area contributed by atoms with Crippen LogP contribution >= 0.6 is 12.2 Å². The Morgan fingerprint density at radius 3 is 2.33 bits per heavy atom. The number of nitrogens with two attached hydrogens (primary N) is 1. The van der Waals surface area contributed by atoms with E-state index in [0.717, 1.165) is 42.9 Å². The zero-order chi connectivity index (χ0) is 13.5. The zero-order valence-electron chi connectivity index (χ0n) is 11.4. The van der Waals surface area contributed by atoms with Crippen LogP contribution in [0, 0.1) is 0 Å². The highest BCUT2D eigenvalue weighted by atomic mass is 32.1. The maximum absolute atomic E-state index is 5.80. The van der Waals surface area contributed by atoms with Crippen LogP contribution in [0.1, 0.15) is 32.3 Å². The predicted molar refractivity (Wildman–Crippen MR) is 81.7 cm³/mol. The van der Waals surface area contributed by atoms with Gasteiger partial charge in [0.1, 0.15) is 10.7 Å². The molecule has 0 heterocycles. The number of hydrogen-bond donors (Lipinski definition) is 1. The van der Waals surface area contributed by atoms with Crippen LogP contribution in [-0.2, 0) is 0 Å². The van der Waals surface area contributed by atoms with Crippen molar-refractivity contribution in [2.24, 2.45) is 5.73 Å². The minimum absolute atomic E-state index is 0.435. The van der Waals surface area contributed by atoms with Crippen LogP contribution in [0.5, 0.6) is 5.75 Å². The van der Waals surface area contributed by atoms with Gasteiger partial charge in [0.05, 0.1) is 12.8 Å². The molecule has 100 valence electrons. The van der Waals surface area contributed by atoms with E-state index in [1.807, 2.05) is 18.2 Å². The van der Waals surface area contributed by atoms with Gasteiger partial charge < -0.3 is 15.4 Å². The van der Waals surface area contributed by atoms with Gasteiger partial charge in [0.2, 0.25) is 0 Å². The van der Waals surface area contributed by atoms with E-state index in [4.69, 9.17) is 22.7 Å². The summed E-state index contributed by atoms with van der Waals surface area (Å²) < 4.78 is 5.29. The minimum Gasteiger partial charge on any atom is -0.497 e. The average Bonchev–Trinajstić information content (AvgIpc) is 2.37. The van der Waals surface area contributed by atoms with Crippen molar-refractivity contribution in [3.8, 4) is 5.75 Å². The van der Waals surface area contributed by atoms with Crippen molar-refractivity contribution in [2.75, 3.05) is 25.1 Å². The number of thiocarbonyl (C=S) groups is 1. The first-order chi connectivity index (χ1) is 8.63. The molecule has 0 aliphatic rings. The van der Waals surface area contributed by atoms with E-state index in [1.54, 1.807) is 7.11 Å². The van der Waals surface area contributed by atoms with Gasteiger partial charge in [-0.1, -0.05) is 26.1 Å². The fraction of sp³-hybridized carbons (Fsp3) is 0.500. The molecule has 3 nitrogen and oxygen atoms in total. The normalized spacial score (nSPS) is 10.2. The van der Waals surface area contributed by atoms with Gasteiger partial charge in [0, 0.05) is 24.7 Å². The molecule has 0 spiro atoms. The van der Waals surface area contributed by atoms with Crippen molar-refractivity contribution in [2.45, 2.75) is 26.7 Å². The van der Waals surface area contributed by atoms with E-state index in [2.05, 4.69) is 18.7 Å². The molecule has 0 unspecified atom stereocenters. The topological polar surface area (TPSA) is 38.5 Å². The lowest BCUT2D eigenvalue weighted by Gasteiger charge is -2.26. The summed E-state index contributed by atoms with van der Waals surface area (Å²) in [5, 5.41) is 0. The molecule has 0 aliphatic carbocycles. The van der Waals surface area contributed by atoms with Crippen LogP contribution < -0.4 is 15.4 Å². The van der Waals surface area contributed by atoms with E-state index in [1.165, 1.54) is 0 Å². The summed E-state index contributed by atoms with van der Waals surface area (Å²) in [6, 6.07) is 5.85. The Kier molecular flexibility index (Phi) is 5.92. The van der Waals surface area contributed by atoms with E-state index < -0.39 is 0 Å². The van der Waals surface area contributed by atoms with Crippen molar-refractivity contribution in [3.05, 3.63) is 23.8 Å². The quantitative estimate of drug-likeness (QED) is 0.770. The lowest BCUT2D eigenvalue weighted by molar-refractivity contribution is 0.414. The highest BCUT2D eigenvalue weighted by Gasteiger charge is 2.13. The molecule has 0 atom stereocenters. The second-order valence-electron chi connectivity index (χ2n) is 4.23. The summed E-state index contributed by atoms with van der Waals surface area (Å²) in [6.45, 7) is 6.33. The first-order valence-electron chi connectivity index (χ1n) is 6.36. The second kappa shape index (κ2) is 7.21. The number of hydrogen-bond acceptors (Lipinski definition) is 3. The average molecular weight is 266 g/mol. The van der Waals surface area contributed by atoms with Crippen LogP contribution in [0.15, 0.2) is 18.2 Å². The lowest BCUT2D eigenvalue weighted by Crippen LogP contribution is -2.27. The Bertz CT molecular complexity index is 401. The largest absolute Gasteiger partial charge is 0.497 e. The molecule has 1 aromatic rings. The van der Waals surface area contributed by atoms with E-state index in [-0.39, 0.29) is 0 Å². The number of anilines is 1. The van der Waals surface area contributed by atoms with Gasteiger partial charge in [-0.2, -0.15) is 0 Å². The molecular weight excluding hydrogens is 244 g/mol. The molecule has 0 aromatic heterocycles. The highest BCUT2D eigenvalue weighted by molar-refractivity contribution is 7.80. The third-order valence-corrected chi connectivity index (χ3v) is 3.02. The second-order valence-corrected chi connectivity index (χ2v) is 4.67. The molecular formula is C14H22N2OS. The van der Waals surface area contributed by atoms with E-state index >= 15 is 0 Å². The van der Waals surface area contributed by atoms with Crippen LogP contribution in [0.4, 0.5) is 5.69 Å². The molecule has 0 bridgehead atoms. The molecule has 0 saturated carbocycles. The van der Waals surface area contributed by atoms with Gasteiger partial charge >= 0.3 is 0 Å². The molecule has 2 N–H and O–H groups in total.